The van der Waals surface area contributed by atoms with Crippen LogP contribution in [0.15, 0.2) is 29.3 Å². The average molecular weight is 502 g/mol. The summed E-state index contributed by atoms with van der Waals surface area (Å²) in [5, 5.41) is 9.53. The van der Waals surface area contributed by atoms with Gasteiger partial charge in [-0.05, 0) is 50.3 Å². The van der Waals surface area contributed by atoms with E-state index in [1.165, 1.54) is 18.4 Å². The molecule has 2 aliphatic carbocycles. The lowest BCUT2D eigenvalue weighted by Crippen LogP contribution is -2.42. The second-order valence-corrected chi connectivity index (χ2v) is 7.68. The number of hydrogen-bond donors (Lipinski definition) is 3. The molecule has 0 aromatic heterocycles. The summed E-state index contributed by atoms with van der Waals surface area (Å²) >= 11 is 0. The van der Waals surface area contributed by atoms with Crippen molar-refractivity contribution in [2.24, 2.45) is 10.9 Å². The van der Waals surface area contributed by atoms with Gasteiger partial charge in [0.15, 0.2) is 5.96 Å². The normalized spacial score (nSPS) is 18.3. The molecule has 0 spiro atoms. The van der Waals surface area contributed by atoms with Crippen molar-refractivity contribution < 1.29 is 9.18 Å². The number of amides is 1. The number of halogens is 2. The zero-order valence-corrected chi connectivity index (χ0v) is 18.9. The van der Waals surface area contributed by atoms with E-state index in [0.717, 1.165) is 38.2 Å². The van der Waals surface area contributed by atoms with Crippen LogP contribution < -0.4 is 16.0 Å². The smallest absolute Gasteiger partial charge is 0.223 e. The monoisotopic (exact) mass is 502 g/mol. The van der Waals surface area contributed by atoms with Crippen molar-refractivity contribution in [1.82, 2.24) is 16.0 Å². The largest absolute Gasteiger partial charge is 0.357 e. The quantitative estimate of drug-likeness (QED) is 0.221. The van der Waals surface area contributed by atoms with Crippen molar-refractivity contribution in [3.05, 3.63) is 35.6 Å². The van der Waals surface area contributed by atoms with Gasteiger partial charge >= 0.3 is 0 Å². The van der Waals surface area contributed by atoms with Crippen molar-refractivity contribution in [2.45, 2.75) is 50.9 Å². The fraction of sp³-hybridized carbons (Fsp3) is 0.619. The number of hydrogen-bond acceptors (Lipinski definition) is 2. The molecule has 156 valence electrons. The zero-order chi connectivity index (χ0) is 19.1. The highest BCUT2D eigenvalue weighted by molar-refractivity contribution is 14.0. The first-order chi connectivity index (χ1) is 13.1. The first-order valence-electron chi connectivity index (χ1n) is 10.2. The molecule has 5 nitrogen and oxygen atoms in total. The minimum atomic E-state index is -0.196. The van der Waals surface area contributed by atoms with E-state index in [1.54, 1.807) is 12.1 Å². The Balaban J connectivity index is 0.00000280. The molecule has 0 bridgehead atoms. The Morgan fingerprint density at radius 3 is 2.36 bits per heavy atom. The van der Waals surface area contributed by atoms with E-state index in [0.29, 0.717) is 19.6 Å². The topological polar surface area (TPSA) is 65.5 Å². The van der Waals surface area contributed by atoms with E-state index in [4.69, 9.17) is 4.99 Å². The van der Waals surface area contributed by atoms with Crippen LogP contribution in [-0.4, -0.2) is 38.0 Å². The molecule has 2 aliphatic rings. The maximum atomic E-state index is 13.3. The van der Waals surface area contributed by atoms with Gasteiger partial charge in [-0.2, -0.15) is 0 Å². The Morgan fingerprint density at radius 2 is 1.75 bits per heavy atom. The van der Waals surface area contributed by atoms with E-state index >= 15 is 0 Å². The van der Waals surface area contributed by atoms with Crippen LogP contribution in [-0.2, 0) is 10.2 Å². The van der Waals surface area contributed by atoms with Gasteiger partial charge in [0.1, 0.15) is 5.82 Å². The van der Waals surface area contributed by atoms with Crippen molar-refractivity contribution in [3.8, 4) is 0 Å². The molecule has 1 aromatic rings. The summed E-state index contributed by atoms with van der Waals surface area (Å²) < 4.78 is 13.3. The third kappa shape index (κ3) is 6.32. The van der Waals surface area contributed by atoms with E-state index in [-0.39, 0.29) is 47.0 Å². The van der Waals surface area contributed by atoms with Crippen LogP contribution in [0.1, 0.15) is 51.0 Å². The van der Waals surface area contributed by atoms with Crippen LogP contribution in [0.25, 0.3) is 0 Å². The lowest BCUT2D eigenvalue weighted by Gasteiger charge is -2.28. The second-order valence-electron chi connectivity index (χ2n) is 7.68. The molecule has 0 unspecified atom stereocenters. The Morgan fingerprint density at radius 1 is 1.11 bits per heavy atom. The molecule has 0 aliphatic heterocycles. The Kier molecular flexibility index (Phi) is 8.98. The molecule has 28 heavy (non-hydrogen) atoms. The number of guanidine groups is 1. The van der Waals surface area contributed by atoms with E-state index in [9.17, 15) is 9.18 Å². The van der Waals surface area contributed by atoms with Crippen LogP contribution in [0, 0.1) is 11.7 Å². The molecular formula is C21H32FIN4O. The minimum absolute atomic E-state index is 0. The van der Waals surface area contributed by atoms with Gasteiger partial charge in [-0.3, -0.25) is 9.79 Å². The highest BCUT2D eigenvalue weighted by Crippen LogP contribution is 2.41. The number of benzene rings is 1. The van der Waals surface area contributed by atoms with E-state index < -0.39 is 0 Å². The highest BCUT2D eigenvalue weighted by atomic mass is 127. The molecule has 2 saturated carbocycles. The SMILES string of the molecule is CCNC(=NCC1(c2ccc(F)cc2)CCCC1)NCCNC(=O)C1CC1.I. The molecule has 0 radical (unpaired) electrons. The molecule has 3 rings (SSSR count). The molecule has 0 atom stereocenters. The Hall–Kier alpha value is -1.38. The third-order valence-electron chi connectivity index (χ3n) is 5.57. The summed E-state index contributed by atoms with van der Waals surface area (Å²) in [5.74, 6) is 0.981. The van der Waals surface area contributed by atoms with Crippen LogP contribution in [0.4, 0.5) is 4.39 Å². The van der Waals surface area contributed by atoms with Gasteiger partial charge in [0.05, 0.1) is 6.54 Å². The molecule has 1 aromatic carbocycles. The van der Waals surface area contributed by atoms with E-state index in [2.05, 4.69) is 16.0 Å². The second kappa shape index (κ2) is 11.0. The number of nitrogens with one attached hydrogen (secondary N) is 3. The zero-order valence-electron chi connectivity index (χ0n) is 16.6. The van der Waals surface area contributed by atoms with Crippen LogP contribution in [0.2, 0.25) is 0 Å². The lowest BCUT2D eigenvalue weighted by atomic mass is 9.79. The maximum absolute atomic E-state index is 13.3. The predicted molar refractivity (Wildman–Crippen MR) is 122 cm³/mol. The minimum Gasteiger partial charge on any atom is -0.357 e. The third-order valence-corrected chi connectivity index (χ3v) is 5.57. The predicted octanol–water partition coefficient (Wildman–Crippen LogP) is 3.34. The average Bonchev–Trinajstić information content (AvgIpc) is 3.42. The van der Waals surface area contributed by atoms with Crippen molar-refractivity contribution in [2.75, 3.05) is 26.2 Å². The fourth-order valence-corrected chi connectivity index (χ4v) is 3.82. The van der Waals surface area contributed by atoms with Gasteiger partial charge < -0.3 is 16.0 Å². The Bertz CT molecular complexity index is 655. The van der Waals surface area contributed by atoms with Gasteiger partial charge in [0, 0.05) is 31.0 Å². The van der Waals surface area contributed by atoms with E-state index in [1.807, 2.05) is 19.1 Å². The summed E-state index contributed by atoms with van der Waals surface area (Å²) in [5.41, 5.74) is 1.17. The number of carbonyl (C=O) groups excluding carboxylic acids is 1. The van der Waals surface area contributed by atoms with Crippen LogP contribution in [0.3, 0.4) is 0 Å². The molecule has 1 amide bonds. The van der Waals surface area contributed by atoms with Gasteiger partial charge in [0.25, 0.3) is 0 Å². The summed E-state index contributed by atoms with van der Waals surface area (Å²) in [6.07, 6.45) is 6.58. The van der Waals surface area contributed by atoms with Crippen molar-refractivity contribution >= 4 is 35.8 Å². The van der Waals surface area contributed by atoms with Crippen LogP contribution in [0.5, 0.6) is 0 Å². The van der Waals surface area contributed by atoms with Crippen molar-refractivity contribution in [3.63, 3.8) is 0 Å². The summed E-state index contributed by atoms with van der Waals surface area (Å²) in [6.45, 7) is 4.75. The molecular weight excluding hydrogens is 470 g/mol. The van der Waals surface area contributed by atoms with Crippen LogP contribution >= 0.6 is 24.0 Å². The molecule has 0 saturated heterocycles. The molecule has 7 heteroatoms. The summed E-state index contributed by atoms with van der Waals surface area (Å²) in [7, 11) is 0. The lowest BCUT2D eigenvalue weighted by molar-refractivity contribution is -0.122. The molecule has 0 heterocycles. The highest BCUT2D eigenvalue weighted by Gasteiger charge is 2.35. The fourth-order valence-electron chi connectivity index (χ4n) is 3.82. The number of nitrogens with zero attached hydrogens (tertiary/aromatic N) is 1. The summed E-state index contributed by atoms with van der Waals surface area (Å²) in [4.78, 5) is 16.5. The molecule has 3 N–H and O–H groups in total. The maximum Gasteiger partial charge on any atom is 0.223 e. The molecule has 2 fully saturated rings. The standard InChI is InChI=1S/C21H31FN4O.HI/c1-2-23-20(25-14-13-24-19(27)16-5-6-16)26-15-21(11-3-4-12-21)17-7-9-18(22)10-8-17;/h7-10,16H,2-6,11-15H2,1H3,(H,24,27)(H2,23,25,26);1H. The van der Waals surface area contributed by atoms with Crippen molar-refractivity contribution in [1.29, 1.82) is 0 Å². The Labute approximate surface area is 184 Å². The number of aliphatic imine (C=N–C) groups is 1. The van der Waals surface area contributed by atoms with Gasteiger partial charge in [0.2, 0.25) is 5.91 Å². The first-order valence-corrected chi connectivity index (χ1v) is 10.2. The number of rotatable bonds is 8. The first kappa shape index (κ1) is 22.9. The summed E-state index contributed by atoms with van der Waals surface area (Å²) in [6, 6.07) is 6.91. The van der Waals surface area contributed by atoms with Gasteiger partial charge in [-0.25, -0.2) is 4.39 Å². The van der Waals surface area contributed by atoms with Gasteiger partial charge in [-0.15, -0.1) is 24.0 Å². The van der Waals surface area contributed by atoms with Gasteiger partial charge in [-0.1, -0.05) is 25.0 Å². The number of carbonyl (C=O) groups is 1.